The summed E-state index contributed by atoms with van der Waals surface area (Å²) < 4.78 is 5.53. The van der Waals surface area contributed by atoms with Gasteiger partial charge in [-0.3, -0.25) is 0 Å². The Kier molecular flexibility index (Phi) is 2.70. The molecule has 0 fully saturated rings. The molecule has 2 aromatic heterocycles. The normalized spacial score (nSPS) is 10.8. The van der Waals surface area contributed by atoms with E-state index in [9.17, 15) is 0 Å². The number of nitrogens with zero attached hydrogens (tertiary/aromatic N) is 2. The molecule has 0 unspecified atom stereocenters. The summed E-state index contributed by atoms with van der Waals surface area (Å²) in [7, 11) is 0. The SMILES string of the molecule is Nc1cccnc1Sc1snc2ccccc12. The summed E-state index contributed by atoms with van der Waals surface area (Å²) in [6.07, 6.45) is 1.75. The Hall–Kier alpha value is -1.59. The van der Waals surface area contributed by atoms with Gasteiger partial charge in [0.25, 0.3) is 0 Å². The predicted molar refractivity (Wildman–Crippen MR) is 72.4 cm³/mol. The van der Waals surface area contributed by atoms with Crippen molar-refractivity contribution in [2.24, 2.45) is 0 Å². The van der Waals surface area contributed by atoms with Gasteiger partial charge in [0.15, 0.2) is 0 Å². The number of rotatable bonds is 2. The first-order chi connectivity index (χ1) is 8.34. The molecular weight excluding hydrogens is 250 g/mol. The van der Waals surface area contributed by atoms with Gasteiger partial charge in [0.05, 0.1) is 15.4 Å². The second kappa shape index (κ2) is 4.35. The number of aromatic nitrogens is 2. The fourth-order valence-corrected chi connectivity index (χ4v) is 3.38. The number of hydrogen-bond acceptors (Lipinski definition) is 5. The third-order valence-electron chi connectivity index (χ3n) is 2.34. The molecule has 2 N–H and O–H groups in total. The molecule has 0 aliphatic rings. The van der Waals surface area contributed by atoms with E-state index in [1.807, 2.05) is 30.3 Å². The van der Waals surface area contributed by atoms with Crippen molar-refractivity contribution in [1.82, 2.24) is 9.36 Å². The lowest BCUT2D eigenvalue weighted by atomic mass is 10.3. The van der Waals surface area contributed by atoms with Crippen LogP contribution in [0, 0.1) is 0 Å². The lowest BCUT2D eigenvalue weighted by molar-refractivity contribution is 1.14. The van der Waals surface area contributed by atoms with Gasteiger partial charge in [-0.15, -0.1) is 0 Å². The number of benzene rings is 1. The van der Waals surface area contributed by atoms with E-state index in [2.05, 4.69) is 15.4 Å². The van der Waals surface area contributed by atoms with Gasteiger partial charge in [0.1, 0.15) is 5.03 Å². The van der Waals surface area contributed by atoms with Crippen LogP contribution in [0.25, 0.3) is 10.9 Å². The summed E-state index contributed by atoms with van der Waals surface area (Å²) in [5.41, 5.74) is 7.61. The van der Waals surface area contributed by atoms with E-state index < -0.39 is 0 Å². The summed E-state index contributed by atoms with van der Waals surface area (Å²) in [5, 5.41) is 1.99. The van der Waals surface area contributed by atoms with Gasteiger partial charge in [-0.25, -0.2) is 4.98 Å². The van der Waals surface area contributed by atoms with Gasteiger partial charge < -0.3 is 5.73 Å². The van der Waals surface area contributed by atoms with Gasteiger partial charge in [-0.2, -0.15) is 4.37 Å². The van der Waals surface area contributed by atoms with Crippen LogP contribution in [0.5, 0.6) is 0 Å². The second-order valence-electron chi connectivity index (χ2n) is 3.49. The van der Waals surface area contributed by atoms with E-state index in [0.29, 0.717) is 5.69 Å². The molecule has 0 atom stereocenters. The fraction of sp³-hybridized carbons (Fsp3) is 0. The molecule has 0 bridgehead atoms. The first-order valence-corrected chi connectivity index (χ1v) is 6.66. The molecule has 0 saturated carbocycles. The molecular formula is C12H9N3S2. The van der Waals surface area contributed by atoms with Crippen LogP contribution >= 0.6 is 23.3 Å². The molecule has 0 saturated heterocycles. The second-order valence-corrected chi connectivity index (χ2v) is 5.52. The zero-order valence-electron chi connectivity index (χ0n) is 8.83. The average molecular weight is 259 g/mol. The molecule has 3 aromatic rings. The van der Waals surface area contributed by atoms with Crippen molar-refractivity contribution in [2.75, 3.05) is 5.73 Å². The van der Waals surface area contributed by atoms with Crippen molar-refractivity contribution in [1.29, 1.82) is 0 Å². The Bertz CT molecular complexity index is 663. The zero-order chi connectivity index (χ0) is 11.7. The topological polar surface area (TPSA) is 51.8 Å². The molecule has 3 rings (SSSR count). The predicted octanol–water partition coefficient (Wildman–Crippen LogP) is 3.42. The van der Waals surface area contributed by atoms with E-state index in [0.717, 1.165) is 20.1 Å². The molecule has 84 valence electrons. The first-order valence-electron chi connectivity index (χ1n) is 5.07. The monoisotopic (exact) mass is 259 g/mol. The largest absolute Gasteiger partial charge is 0.397 e. The van der Waals surface area contributed by atoms with Crippen molar-refractivity contribution in [3.63, 3.8) is 0 Å². The Morgan fingerprint density at radius 3 is 2.88 bits per heavy atom. The molecule has 1 aromatic carbocycles. The van der Waals surface area contributed by atoms with Gasteiger partial charge in [0.2, 0.25) is 0 Å². The molecule has 2 heterocycles. The number of pyridine rings is 1. The van der Waals surface area contributed by atoms with Crippen LogP contribution in [0.3, 0.4) is 0 Å². The van der Waals surface area contributed by atoms with Crippen molar-refractivity contribution in [2.45, 2.75) is 9.24 Å². The van der Waals surface area contributed by atoms with Crippen LogP contribution in [0.1, 0.15) is 0 Å². The highest BCUT2D eigenvalue weighted by Gasteiger charge is 2.09. The van der Waals surface area contributed by atoms with E-state index >= 15 is 0 Å². The number of hydrogen-bond donors (Lipinski definition) is 1. The van der Waals surface area contributed by atoms with Gasteiger partial charge in [0, 0.05) is 11.6 Å². The standard InChI is InChI=1S/C12H9N3S2/c13-9-5-3-7-14-11(9)16-12-8-4-1-2-6-10(8)15-17-12/h1-7H,13H2. The van der Waals surface area contributed by atoms with Crippen LogP contribution in [-0.4, -0.2) is 9.36 Å². The lowest BCUT2D eigenvalue weighted by Gasteiger charge is -2.01. The van der Waals surface area contributed by atoms with Crippen molar-refractivity contribution in [3.8, 4) is 0 Å². The van der Waals surface area contributed by atoms with Gasteiger partial charge >= 0.3 is 0 Å². The summed E-state index contributed by atoms with van der Waals surface area (Å²) in [4.78, 5) is 4.28. The highest BCUT2D eigenvalue weighted by molar-refractivity contribution is 8.01. The highest BCUT2D eigenvalue weighted by Crippen LogP contribution is 2.37. The van der Waals surface area contributed by atoms with Crippen molar-refractivity contribution >= 4 is 39.9 Å². The summed E-state index contributed by atoms with van der Waals surface area (Å²) in [5.74, 6) is 0. The Balaban J connectivity index is 2.03. The van der Waals surface area contributed by atoms with Crippen LogP contribution in [0.4, 0.5) is 5.69 Å². The van der Waals surface area contributed by atoms with E-state index in [1.165, 1.54) is 11.5 Å². The minimum Gasteiger partial charge on any atom is -0.397 e. The quantitative estimate of drug-likeness (QED) is 0.766. The summed E-state index contributed by atoms with van der Waals surface area (Å²) in [6, 6.07) is 11.8. The zero-order valence-corrected chi connectivity index (χ0v) is 10.5. The maximum Gasteiger partial charge on any atom is 0.125 e. The minimum atomic E-state index is 0.704. The number of anilines is 1. The molecule has 17 heavy (non-hydrogen) atoms. The average Bonchev–Trinajstić information content (AvgIpc) is 2.76. The number of nitrogens with two attached hydrogens (primary N) is 1. The van der Waals surface area contributed by atoms with Crippen molar-refractivity contribution < 1.29 is 0 Å². The van der Waals surface area contributed by atoms with Crippen LogP contribution in [-0.2, 0) is 0 Å². The van der Waals surface area contributed by atoms with Crippen LogP contribution in [0.15, 0.2) is 51.8 Å². The lowest BCUT2D eigenvalue weighted by Crippen LogP contribution is -1.89. The summed E-state index contributed by atoms with van der Waals surface area (Å²) in [6.45, 7) is 0. The van der Waals surface area contributed by atoms with E-state index in [-0.39, 0.29) is 0 Å². The van der Waals surface area contributed by atoms with E-state index in [1.54, 1.807) is 18.0 Å². The molecule has 0 aliphatic heterocycles. The maximum absolute atomic E-state index is 5.88. The Morgan fingerprint density at radius 2 is 2.00 bits per heavy atom. The maximum atomic E-state index is 5.88. The fourth-order valence-electron chi connectivity index (χ4n) is 1.52. The number of nitrogen functional groups attached to an aromatic ring is 1. The van der Waals surface area contributed by atoms with Crippen LogP contribution in [0.2, 0.25) is 0 Å². The smallest absolute Gasteiger partial charge is 0.125 e. The number of fused-ring (bicyclic) bond motifs is 1. The molecule has 0 aliphatic carbocycles. The van der Waals surface area contributed by atoms with E-state index in [4.69, 9.17) is 5.73 Å². The Labute approximate surface area is 107 Å². The van der Waals surface area contributed by atoms with Gasteiger partial charge in [-0.1, -0.05) is 30.0 Å². The van der Waals surface area contributed by atoms with Gasteiger partial charge in [-0.05, 0) is 29.7 Å². The third-order valence-corrected chi connectivity index (χ3v) is 4.43. The minimum absolute atomic E-state index is 0.704. The summed E-state index contributed by atoms with van der Waals surface area (Å²) >= 11 is 3.05. The molecule has 0 radical (unpaired) electrons. The molecule has 5 heteroatoms. The highest BCUT2D eigenvalue weighted by atomic mass is 32.2. The van der Waals surface area contributed by atoms with Crippen molar-refractivity contribution in [3.05, 3.63) is 42.6 Å². The Morgan fingerprint density at radius 1 is 1.12 bits per heavy atom. The molecule has 3 nitrogen and oxygen atoms in total. The first kappa shape index (κ1) is 10.6. The third kappa shape index (κ3) is 1.99. The molecule has 0 spiro atoms. The molecule has 0 amide bonds. The van der Waals surface area contributed by atoms with Crippen LogP contribution < -0.4 is 5.73 Å².